The molecular formula is C15H26N4O. The van der Waals surface area contributed by atoms with E-state index in [4.69, 9.17) is 0 Å². The summed E-state index contributed by atoms with van der Waals surface area (Å²) in [5.41, 5.74) is 1.03. The second-order valence-electron chi connectivity index (χ2n) is 5.97. The average Bonchev–Trinajstić information content (AvgIpc) is 2.83. The topological polar surface area (TPSA) is 59.0 Å². The maximum Gasteiger partial charge on any atom is 0.315 e. The van der Waals surface area contributed by atoms with E-state index >= 15 is 0 Å². The normalized spacial score (nSPS) is 17.7. The van der Waals surface area contributed by atoms with Gasteiger partial charge in [0.1, 0.15) is 0 Å². The van der Waals surface area contributed by atoms with Gasteiger partial charge in [0.25, 0.3) is 0 Å². The number of rotatable bonds is 5. The third-order valence-electron chi connectivity index (χ3n) is 3.82. The summed E-state index contributed by atoms with van der Waals surface area (Å²) in [7, 11) is 0. The molecule has 1 aromatic heterocycles. The molecule has 0 radical (unpaired) electrons. The molecular weight excluding hydrogens is 252 g/mol. The Morgan fingerprint density at radius 3 is 2.85 bits per heavy atom. The number of carbonyl (C=O) groups is 1. The molecule has 1 fully saturated rings. The second-order valence-corrected chi connectivity index (χ2v) is 5.97. The zero-order valence-electron chi connectivity index (χ0n) is 12.6. The summed E-state index contributed by atoms with van der Waals surface area (Å²) in [4.78, 5) is 11.8. The molecule has 2 amide bonds. The SMILES string of the molecule is Cc1ccn(CC(C)CNC(=O)NC2CCCCC2)n1. The summed E-state index contributed by atoms with van der Waals surface area (Å²) in [5, 5.41) is 10.4. The first-order valence-electron chi connectivity index (χ1n) is 7.68. The first-order valence-corrected chi connectivity index (χ1v) is 7.68. The predicted octanol–water partition coefficient (Wildman–Crippen LogP) is 2.46. The van der Waals surface area contributed by atoms with Gasteiger partial charge in [-0.2, -0.15) is 5.10 Å². The molecule has 5 heteroatoms. The van der Waals surface area contributed by atoms with E-state index in [0.717, 1.165) is 25.1 Å². The molecule has 0 spiro atoms. The Kier molecular flexibility index (Phi) is 5.44. The van der Waals surface area contributed by atoms with Crippen LogP contribution in [0, 0.1) is 12.8 Å². The Labute approximate surface area is 121 Å². The lowest BCUT2D eigenvalue weighted by molar-refractivity contribution is 0.230. The Bertz CT molecular complexity index is 423. The van der Waals surface area contributed by atoms with Crippen LogP contribution >= 0.6 is 0 Å². The lowest BCUT2D eigenvalue weighted by Gasteiger charge is -2.23. The van der Waals surface area contributed by atoms with Crippen LogP contribution in [0.3, 0.4) is 0 Å². The minimum absolute atomic E-state index is 0.0274. The van der Waals surface area contributed by atoms with E-state index in [-0.39, 0.29) is 6.03 Å². The van der Waals surface area contributed by atoms with Crippen molar-refractivity contribution < 1.29 is 4.79 Å². The van der Waals surface area contributed by atoms with Crippen molar-refractivity contribution >= 4 is 6.03 Å². The van der Waals surface area contributed by atoms with Crippen LogP contribution in [-0.2, 0) is 6.54 Å². The average molecular weight is 278 g/mol. The van der Waals surface area contributed by atoms with E-state index in [1.165, 1.54) is 19.3 Å². The number of aryl methyl sites for hydroxylation is 1. The van der Waals surface area contributed by atoms with E-state index in [2.05, 4.69) is 22.7 Å². The van der Waals surface area contributed by atoms with Gasteiger partial charge in [-0.3, -0.25) is 4.68 Å². The number of hydrogen-bond acceptors (Lipinski definition) is 2. The standard InChI is InChI=1S/C15H26N4O/c1-12(11-19-9-8-13(2)18-19)10-16-15(20)17-14-6-4-3-5-7-14/h8-9,12,14H,3-7,10-11H2,1-2H3,(H2,16,17,20). The van der Waals surface area contributed by atoms with Crippen LogP contribution in [0.4, 0.5) is 4.79 Å². The van der Waals surface area contributed by atoms with Crippen LogP contribution < -0.4 is 10.6 Å². The minimum Gasteiger partial charge on any atom is -0.338 e. The molecule has 0 aliphatic heterocycles. The largest absolute Gasteiger partial charge is 0.338 e. The number of urea groups is 1. The molecule has 112 valence electrons. The quantitative estimate of drug-likeness (QED) is 0.869. The molecule has 1 unspecified atom stereocenters. The van der Waals surface area contributed by atoms with Gasteiger partial charge >= 0.3 is 6.03 Å². The Hall–Kier alpha value is -1.52. The second kappa shape index (κ2) is 7.31. The highest BCUT2D eigenvalue weighted by Gasteiger charge is 2.15. The molecule has 1 aliphatic rings. The maximum absolute atomic E-state index is 11.8. The summed E-state index contributed by atoms with van der Waals surface area (Å²) >= 11 is 0. The minimum atomic E-state index is -0.0274. The van der Waals surface area contributed by atoms with Gasteiger partial charge in [-0.1, -0.05) is 26.2 Å². The number of hydrogen-bond donors (Lipinski definition) is 2. The highest BCUT2D eigenvalue weighted by molar-refractivity contribution is 5.74. The van der Waals surface area contributed by atoms with Gasteiger partial charge in [0.15, 0.2) is 0 Å². The Balaban J connectivity index is 1.64. The lowest BCUT2D eigenvalue weighted by atomic mass is 9.96. The highest BCUT2D eigenvalue weighted by atomic mass is 16.2. The van der Waals surface area contributed by atoms with E-state index in [9.17, 15) is 4.79 Å². The first kappa shape index (κ1) is 14.9. The third kappa shape index (κ3) is 4.87. The fourth-order valence-corrected chi connectivity index (χ4v) is 2.70. The predicted molar refractivity (Wildman–Crippen MR) is 79.5 cm³/mol. The van der Waals surface area contributed by atoms with Crippen LogP contribution in [0.1, 0.15) is 44.7 Å². The molecule has 2 rings (SSSR count). The van der Waals surface area contributed by atoms with Gasteiger partial charge in [-0.25, -0.2) is 4.79 Å². The Morgan fingerprint density at radius 1 is 1.45 bits per heavy atom. The van der Waals surface area contributed by atoms with Gasteiger partial charge in [0.05, 0.1) is 5.69 Å². The summed E-state index contributed by atoms with van der Waals surface area (Å²) in [6.45, 7) is 5.62. The summed E-state index contributed by atoms with van der Waals surface area (Å²) in [6.07, 6.45) is 8.00. The van der Waals surface area contributed by atoms with Crippen molar-refractivity contribution in [2.45, 2.75) is 58.5 Å². The third-order valence-corrected chi connectivity index (χ3v) is 3.82. The van der Waals surface area contributed by atoms with Crippen LogP contribution in [0.25, 0.3) is 0 Å². The lowest BCUT2D eigenvalue weighted by Crippen LogP contribution is -2.44. The monoisotopic (exact) mass is 278 g/mol. The molecule has 5 nitrogen and oxygen atoms in total. The molecule has 0 bridgehead atoms. The van der Waals surface area contributed by atoms with Crippen LogP contribution in [0.15, 0.2) is 12.3 Å². The van der Waals surface area contributed by atoms with E-state index in [1.54, 1.807) is 0 Å². The van der Waals surface area contributed by atoms with Crippen LogP contribution in [0.5, 0.6) is 0 Å². The van der Waals surface area contributed by atoms with Crippen molar-refractivity contribution in [3.8, 4) is 0 Å². The van der Waals surface area contributed by atoms with Crippen molar-refractivity contribution in [3.63, 3.8) is 0 Å². The van der Waals surface area contributed by atoms with Gasteiger partial charge in [-0.05, 0) is 31.7 Å². The molecule has 2 N–H and O–H groups in total. The number of nitrogens with zero attached hydrogens (tertiary/aromatic N) is 2. The molecule has 1 atom stereocenters. The van der Waals surface area contributed by atoms with Crippen LogP contribution in [0.2, 0.25) is 0 Å². The van der Waals surface area contributed by atoms with Crippen molar-refractivity contribution in [2.24, 2.45) is 5.92 Å². The number of aromatic nitrogens is 2. The van der Waals surface area contributed by atoms with Gasteiger partial charge < -0.3 is 10.6 Å². The fourth-order valence-electron chi connectivity index (χ4n) is 2.70. The molecule has 1 heterocycles. The summed E-state index contributed by atoms with van der Waals surface area (Å²) in [5.74, 6) is 0.367. The zero-order chi connectivity index (χ0) is 14.4. The molecule has 0 saturated heterocycles. The molecule has 1 saturated carbocycles. The smallest absolute Gasteiger partial charge is 0.315 e. The molecule has 0 aromatic carbocycles. The van der Waals surface area contributed by atoms with Gasteiger partial charge in [-0.15, -0.1) is 0 Å². The van der Waals surface area contributed by atoms with Crippen molar-refractivity contribution in [3.05, 3.63) is 18.0 Å². The zero-order valence-corrected chi connectivity index (χ0v) is 12.6. The van der Waals surface area contributed by atoms with E-state index in [1.807, 2.05) is 23.9 Å². The van der Waals surface area contributed by atoms with E-state index in [0.29, 0.717) is 18.5 Å². The fraction of sp³-hybridized carbons (Fsp3) is 0.733. The summed E-state index contributed by atoms with van der Waals surface area (Å²) in [6, 6.07) is 2.34. The van der Waals surface area contributed by atoms with Crippen molar-refractivity contribution in [2.75, 3.05) is 6.54 Å². The number of carbonyl (C=O) groups excluding carboxylic acids is 1. The van der Waals surface area contributed by atoms with Gasteiger partial charge in [0, 0.05) is 25.3 Å². The van der Waals surface area contributed by atoms with Crippen molar-refractivity contribution in [1.82, 2.24) is 20.4 Å². The van der Waals surface area contributed by atoms with Crippen molar-refractivity contribution in [1.29, 1.82) is 0 Å². The van der Waals surface area contributed by atoms with E-state index < -0.39 is 0 Å². The first-order chi connectivity index (χ1) is 9.63. The van der Waals surface area contributed by atoms with Gasteiger partial charge in [0.2, 0.25) is 0 Å². The summed E-state index contributed by atoms with van der Waals surface area (Å²) < 4.78 is 1.93. The Morgan fingerprint density at radius 2 is 2.20 bits per heavy atom. The highest BCUT2D eigenvalue weighted by Crippen LogP contribution is 2.17. The molecule has 1 aliphatic carbocycles. The number of amides is 2. The maximum atomic E-state index is 11.8. The number of nitrogens with one attached hydrogen (secondary N) is 2. The molecule has 1 aromatic rings. The molecule has 20 heavy (non-hydrogen) atoms. The van der Waals surface area contributed by atoms with Crippen LogP contribution in [-0.4, -0.2) is 28.4 Å².